The number of amides is 1. The first-order valence-corrected chi connectivity index (χ1v) is 12.1. The highest BCUT2D eigenvalue weighted by atomic mass is 16.3. The Hall–Kier alpha value is -4.00. The molecule has 0 aliphatic carbocycles. The first kappa shape index (κ1) is 21.5. The Bertz CT molecular complexity index is 1610. The van der Waals surface area contributed by atoms with Crippen LogP contribution in [0.2, 0.25) is 0 Å². The number of carbonyl (C=O) groups excluding carboxylic acids is 1. The van der Waals surface area contributed by atoms with Gasteiger partial charge in [-0.1, -0.05) is 42.0 Å². The van der Waals surface area contributed by atoms with Crippen LogP contribution in [0.5, 0.6) is 0 Å². The molecule has 0 radical (unpaired) electrons. The standard InChI is InChI=1S/C28H28N4O3/c1-18-6-5-7-20(14-18)17-31-24-15-19(2)35-26(24)16-25(31)27(33)30-12-10-21(11-13-30)32-23-9-4-3-8-22(23)29-28(32)34/h3-9,14-16,21H,10-13,17H2,1-2H3,(H,29,34). The number of furan rings is 1. The van der Waals surface area contributed by atoms with E-state index in [2.05, 4.69) is 34.7 Å². The number of hydrogen-bond donors (Lipinski definition) is 1. The van der Waals surface area contributed by atoms with Gasteiger partial charge in [0.2, 0.25) is 0 Å². The van der Waals surface area contributed by atoms with Crippen LogP contribution < -0.4 is 5.69 Å². The van der Waals surface area contributed by atoms with E-state index in [0.717, 1.165) is 46.3 Å². The Morgan fingerprint density at radius 3 is 2.60 bits per heavy atom. The van der Waals surface area contributed by atoms with Crippen molar-refractivity contribution in [2.45, 2.75) is 39.3 Å². The van der Waals surface area contributed by atoms with Crippen molar-refractivity contribution in [2.75, 3.05) is 13.1 Å². The summed E-state index contributed by atoms with van der Waals surface area (Å²) in [5.41, 5.74) is 6.34. The molecule has 0 unspecified atom stereocenters. The number of rotatable bonds is 4. The quantitative estimate of drug-likeness (QED) is 0.402. The van der Waals surface area contributed by atoms with E-state index in [9.17, 15) is 9.59 Å². The number of aryl methyl sites for hydroxylation is 2. The van der Waals surface area contributed by atoms with E-state index in [-0.39, 0.29) is 17.6 Å². The average Bonchev–Trinajstić information content (AvgIpc) is 3.48. The lowest BCUT2D eigenvalue weighted by atomic mass is 10.0. The highest BCUT2D eigenvalue weighted by Crippen LogP contribution is 2.29. The fourth-order valence-electron chi connectivity index (χ4n) is 5.43. The molecule has 178 valence electrons. The minimum absolute atomic E-state index is 0.00595. The molecule has 35 heavy (non-hydrogen) atoms. The van der Waals surface area contributed by atoms with E-state index in [1.54, 1.807) is 0 Å². The number of hydrogen-bond acceptors (Lipinski definition) is 3. The SMILES string of the molecule is Cc1cccc(Cn2c(C(=O)N3CCC(n4c(=O)[nH]c5ccccc54)CC3)cc3oc(C)cc32)c1. The molecule has 4 heterocycles. The summed E-state index contributed by atoms with van der Waals surface area (Å²) in [5.74, 6) is 0.836. The molecule has 7 heteroatoms. The minimum atomic E-state index is -0.0845. The summed E-state index contributed by atoms with van der Waals surface area (Å²) < 4.78 is 9.80. The number of imidazole rings is 1. The molecule has 1 saturated heterocycles. The Balaban J connectivity index is 1.27. The van der Waals surface area contributed by atoms with Crippen molar-refractivity contribution in [1.29, 1.82) is 0 Å². The van der Waals surface area contributed by atoms with Crippen LogP contribution in [0.25, 0.3) is 22.1 Å². The maximum Gasteiger partial charge on any atom is 0.326 e. The van der Waals surface area contributed by atoms with E-state index in [4.69, 9.17) is 4.42 Å². The number of para-hydroxylation sites is 2. The largest absolute Gasteiger partial charge is 0.460 e. The van der Waals surface area contributed by atoms with E-state index in [1.807, 2.05) is 58.9 Å². The summed E-state index contributed by atoms with van der Waals surface area (Å²) in [7, 11) is 0. The van der Waals surface area contributed by atoms with Crippen LogP contribution in [0.4, 0.5) is 0 Å². The zero-order valence-electron chi connectivity index (χ0n) is 20.0. The summed E-state index contributed by atoms with van der Waals surface area (Å²) >= 11 is 0. The Kier molecular flexibility index (Phi) is 5.13. The second-order valence-electron chi connectivity index (χ2n) is 9.55. The molecule has 0 bridgehead atoms. The second-order valence-corrected chi connectivity index (χ2v) is 9.55. The Morgan fingerprint density at radius 2 is 1.80 bits per heavy atom. The zero-order chi connectivity index (χ0) is 24.1. The number of nitrogens with zero attached hydrogens (tertiary/aromatic N) is 3. The van der Waals surface area contributed by atoms with Gasteiger partial charge in [0.25, 0.3) is 5.91 Å². The van der Waals surface area contributed by atoms with Crippen molar-refractivity contribution >= 4 is 28.0 Å². The second kappa shape index (κ2) is 8.34. The highest BCUT2D eigenvalue weighted by Gasteiger charge is 2.29. The molecule has 1 aliphatic heterocycles. The van der Waals surface area contributed by atoms with Gasteiger partial charge in [0.1, 0.15) is 11.5 Å². The maximum absolute atomic E-state index is 13.7. The van der Waals surface area contributed by atoms with Crippen molar-refractivity contribution in [2.24, 2.45) is 0 Å². The van der Waals surface area contributed by atoms with E-state index >= 15 is 0 Å². The van der Waals surface area contributed by atoms with Crippen LogP contribution in [-0.4, -0.2) is 38.0 Å². The third-order valence-corrected chi connectivity index (χ3v) is 7.10. The van der Waals surface area contributed by atoms with Crippen LogP contribution in [0, 0.1) is 13.8 Å². The summed E-state index contributed by atoms with van der Waals surface area (Å²) in [6, 6.07) is 20.1. The van der Waals surface area contributed by atoms with Gasteiger partial charge in [0.15, 0.2) is 5.58 Å². The maximum atomic E-state index is 13.7. The summed E-state index contributed by atoms with van der Waals surface area (Å²) in [6.07, 6.45) is 1.47. The molecular weight excluding hydrogens is 440 g/mol. The lowest BCUT2D eigenvalue weighted by Crippen LogP contribution is -2.41. The number of piperidine rings is 1. The highest BCUT2D eigenvalue weighted by molar-refractivity contribution is 5.97. The monoisotopic (exact) mass is 468 g/mol. The molecule has 1 N–H and O–H groups in total. The van der Waals surface area contributed by atoms with Gasteiger partial charge in [-0.15, -0.1) is 0 Å². The topological polar surface area (TPSA) is 76.2 Å². The third kappa shape index (κ3) is 3.77. The first-order chi connectivity index (χ1) is 17.0. The summed E-state index contributed by atoms with van der Waals surface area (Å²) in [6.45, 7) is 5.81. The molecule has 0 spiro atoms. The van der Waals surface area contributed by atoms with Crippen molar-refractivity contribution in [3.05, 3.63) is 93.7 Å². The van der Waals surface area contributed by atoms with Gasteiger partial charge in [-0.3, -0.25) is 9.36 Å². The number of benzene rings is 2. The molecule has 1 amide bonds. The van der Waals surface area contributed by atoms with Crippen molar-refractivity contribution < 1.29 is 9.21 Å². The van der Waals surface area contributed by atoms with E-state index < -0.39 is 0 Å². The molecule has 6 rings (SSSR count). The Labute approximate surface area is 202 Å². The van der Waals surface area contributed by atoms with Crippen LogP contribution in [-0.2, 0) is 6.54 Å². The number of likely N-dealkylation sites (tertiary alicyclic amines) is 1. The number of H-pyrrole nitrogens is 1. The van der Waals surface area contributed by atoms with Crippen molar-refractivity contribution in [3.8, 4) is 0 Å². The van der Waals surface area contributed by atoms with Gasteiger partial charge in [-0.05, 0) is 44.4 Å². The number of aromatic amines is 1. The molecule has 3 aromatic heterocycles. The number of aromatic nitrogens is 3. The van der Waals surface area contributed by atoms with E-state index in [0.29, 0.717) is 25.3 Å². The lowest BCUT2D eigenvalue weighted by Gasteiger charge is -2.32. The predicted molar refractivity (Wildman–Crippen MR) is 136 cm³/mol. The molecular formula is C28H28N4O3. The molecule has 1 fully saturated rings. The number of fused-ring (bicyclic) bond motifs is 2. The van der Waals surface area contributed by atoms with Crippen LogP contribution in [0.15, 0.2) is 69.9 Å². The molecule has 0 atom stereocenters. The van der Waals surface area contributed by atoms with Crippen LogP contribution >= 0.6 is 0 Å². The average molecular weight is 469 g/mol. The third-order valence-electron chi connectivity index (χ3n) is 7.10. The molecule has 2 aromatic carbocycles. The van der Waals surface area contributed by atoms with Gasteiger partial charge < -0.3 is 18.9 Å². The molecule has 7 nitrogen and oxygen atoms in total. The summed E-state index contributed by atoms with van der Waals surface area (Å²) in [4.78, 5) is 31.2. The van der Waals surface area contributed by atoms with Crippen LogP contribution in [0.3, 0.4) is 0 Å². The van der Waals surface area contributed by atoms with Gasteiger partial charge >= 0.3 is 5.69 Å². The van der Waals surface area contributed by atoms with Gasteiger partial charge in [-0.25, -0.2) is 4.79 Å². The number of carbonyl (C=O) groups is 1. The fourth-order valence-corrected chi connectivity index (χ4v) is 5.43. The molecule has 5 aromatic rings. The predicted octanol–water partition coefficient (Wildman–Crippen LogP) is 5.02. The smallest absolute Gasteiger partial charge is 0.326 e. The van der Waals surface area contributed by atoms with E-state index in [1.165, 1.54) is 5.56 Å². The van der Waals surface area contributed by atoms with Gasteiger partial charge in [0.05, 0.1) is 16.6 Å². The van der Waals surface area contributed by atoms with Crippen molar-refractivity contribution in [1.82, 2.24) is 19.0 Å². The number of nitrogens with one attached hydrogen (secondary N) is 1. The normalized spacial score (nSPS) is 14.9. The van der Waals surface area contributed by atoms with Crippen molar-refractivity contribution in [3.63, 3.8) is 0 Å². The minimum Gasteiger partial charge on any atom is -0.460 e. The fraction of sp³-hybridized carbons (Fsp3) is 0.286. The Morgan fingerprint density at radius 1 is 1.00 bits per heavy atom. The van der Waals surface area contributed by atoms with Gasteiger partial charge in [-0.2, -0.15) is 0 Å². The lowest BCUT2D eigenvalue weighted by molar-refractivity contribution is 0.0685. The molecule has 0 saturated carbocycles. The summed E-state index contributed by atoms with van der Waals surface area (Å²) in [5, 5.41) is 0. The van der Waals surface area contributed by atoms with Gasteiger partial charge in [0, 0.05) is 37.8 Å². The zero-order valence-corrected chi connectivity index (χ0v) is 20.0. The first-order valence-electron chi connectivity index (χ1n) is 12.1. The molecule has 1 aliphatic rings. The van der Waals surface area contributed by atoms with Crippen LogP contribution in [0.1, 0.15) is 46.3 Å².